The lowest BCUT2D eigenvalue weighted by Gasteiger charge is -2.13. The van der Waals surface area contributed by atoms with Crippen LogP contribution in [0.15, 0.2) is 12.1 Å². The zero-order valence-electron chi connectivity index (χ0n) is 11.3. The van der Waals surface area contributed by atoms with Crippen LogP contribution >= 0.6 is 0 Å². The number of carbonyl (C=O) groups is 1. The number of anilines is 2. The molecule has 0 bridgehead atoms. The summed E-state index contributed by atoms with van der Waals surface area (Å²) in [6, 6.07) is 1.82. The van der Waals surface area contributed by atoms with E-state index >= 15 is 0 Å². The summed E-state index contributed by atoms with van der Waals surface area (Å²) in [6.45, 7) is 2.27. The van der Waals surface area contributed by atoms with Crippen LogP contribution in [-0.2, 0) is 11.0 Å². The van der Waals surface area contributed by atoms with E-state index in [1.165, 1.54) is 7.05 Å². The van der Waals surface area contributed by atoms with Gasteiger partial charge in [-0.1, -0.05) is 6.92 Å². The third kappa shape index (κ3) is 4.94. The minimum Gasteiger partial charge on any atom is -0.370 e. The second-order valence-electron chi connectivity index (χ2n) is 4.08. The Morgan fingerprint density at radius 1 is 1.25 bits per heavy atom. The van der Waals surface area contributed by atoms with Gasteiger partial charge in [-0.15, -0.1) is 0 Å². The maximum absolute atomic E-state index is 12.8. The second kappa shape index (κ2) is 6.97. The Balaban J connectivity index is 2.94. The predicted octanol–water partition coefficient (Wildman–Crippen LogP) is 2.08. The van der Waals surface area contributed by atoms with Gasteiger partial charge < -0.3 is 16.0 Å². The average Bonchev–Trinajstić information content (AvgIpc) is 2.41. The van der Waals surface area contributed by atoms with Crippen LogP contribution in [0.25, 0.3) is 0 Å². The molecular weight excluding hydrogens is 273 g/mol. The highest BCUT2D eigenvalue weighted by Crippen LogP contribution is 2.32. The number of nitrogens with zero attached hydrogens (tertiary/aromatic N) is 1. The molecule has 0 saturated carbocycles. The fourth-order valence-electron chi connectivity index (χ4n) is 1.39. The van der Waals surface area contributed by atoms with E-state index < -0.39 is 11.7 Å². The van der Waals surface area contributed by atoms with Gasteiger partial charge >= 0.3 is 6.18 Å². The molecule has 0 aliphatic carbocycles. The van der Waals surface area contributed by atoms with Gasteiger partial charge in [0.05, 0.1) is 12.1 Å². The van der Waals surface area contributed by atoms with Gasteiger partial charge in [-0.25, -0.2) is 4.98 Å². The molecule has 1 heterocycles. The molecule has 0 aliphatic heterocycles. The van der Waals surface area contributed by atoms with Crippen molar-refractivity contribution in [2.75, 3.05) is 30.8 Å². The molecule has 3 N–H and O–H groups in total. The van der Waals surface area contributed by atoms with Gasteiger partial charge in [-0.2, -0.15) is 13.2 Å². The van der Waals surface area contributed by atoms with Crippen molar-refractivity contribution in [3.63, 3.8) is 0 Å². The molecule has 1 aromatic rings. The maximum Gasteiger partial charge on any atom is 0.416 e. The van der Waals surface area contributed by atoms with Crippen molar-refractivity contribution in [1.29, 1.82) is 0 Å². The summed E-state index contributed by atoms with van der Waals surface area (Å²) in [5.74, 6) is -0.213. The fraction of sp³-hybridized carbons (Fsp3) is 0.500. The second-order valence-corrected chi connectivity index (χ2v) is 4.08. The number of nitrogens with one attached hydrogen (secondary N) is 3. The molecule has 0 atom stereocenters. The average molecular weight is 290 g/mol. The van der Waals surface area contributed by atoms with E-state index in [2.05, 4.69) is 20.9 Å². The number of halogens is 3. The van der Waals surface area contributed by atoms with Gasteiger partial charge in [-0.05, 0) is 18.6 Å². The van der Waals surface area contributed by atoms with E-state index in [-0.39, 0.29) is 24.1 Å². The molecule has 0 fully saturated rings. The lowest BCUT2D eigenvalue weighted by atomic mass is 10.2. The summed E-state index contributed by atoms with van der Waals surface area (Å²) in [5.41, 5.74) is -0.814. The first-order valence-corrected chi connectivity index (χ1v) is 6.14. The first-order chi connectivity index (χ1) is 9.36. The minimum absolute atomic E-state index is 0.00188. The molecule has 0 unspecified atom stereocenters. The highest BCUT2D eigenvalue weighted by atomic mass is 19.4. The summed E-state index contributed by atoms with van der Waals surface area (Å²) < 4.78 is 38.3. The summed E-state index contributed by atoms with van der Waals surface area (Å²) in [4.78, 5) is 15.1. The SMILES string of the molecule is CCCNc1cc(C(F)(F)F)cc(NCC(=O)NC)n1. The topological polar surface area (TPSA) is 66.0 Å². The minimum atomic E-state index is -4.46. The molecule has 1 rings (SSSR count). The Morgan fingerprint density at radius 2 is 1.85 bits per heavy atom. The van der Waals surface area contributed by atoms with Crippen LogP contribution in [0.4, 0.5) is 24.8 Å². The van der Waals surface area contributed by atoms with Crippen molar-refractivity contribution in [3.8, 4) is 0 Å². The van der Waals surface area contributed by atoms with Crippen molar-refractivity contribution < 1.29 is 18.0 Å². The number of likely N-dealkylation sites (N-methyl/N-ethyl adjacent to an activating group) is 1. The molecule has 0 radical (unpaired) electrons. The van der Waals surface area contributed by atoms with Gasteiger partial charge in [0.1, 0.15) is 11.6 Å². The van der Waals surface area contributed by atoms with Gasteiger partial charge in [0.25, 0.3) is 0 Å². The highest BCUT2D eigenvalue weighted by Gasteiger charge is 2.31. The molecule has 112 valence electrons. The first-order valence-electron chi connectivity index (χ1n) is 6.14. The fourth-order valence-corrected chi connectivity index (χ4v) is 1.39. The Kier molecular flexibility index (Phi) is 5.60. The molecule has 20 heavy (non-hydrogen) atoms. The number of pyridine rings is 1. The normalized spacial score (nSPS) is 11.1. The van der Waals surface area contributed by atoms with E-state index in [1.54, 1.807) is 0 Å². The lowest BCUT2D eigenvalue weighted by molar-refractivity contribution is -0.137. The Labute approximate surface area is 115 Å². The van der Waals surface area contributed by atoms with Gasteiger partial charge in [0.15, 0.2) is 0 Å². The highest BCUT2D eigenvalue weighted by molar-refractivity contribution is 5.80. The molecule has 0 aliphatic rings. The number of alkyl halides is 3. The monoisotopic (exact) mass is 290 g/mol. The largest absolute Gasteiger partial charge is 0.416 e. The summed E-state index contributed by atoms with van der Waals surface area (Å²) >= 11 is 0. The molecule has 0 aromatic carbocycles. The molecule has 0 spiro atoms. The van der Waals surface area contributed by atoms with Gasteiger partial charge in [-0.3, -0.25) is 4.79 Å². The standard InChI is InChI=1S/C12H17F3N4O/c1-3-4-17-9-5-8(12(13,14)15)6-10(19-9)18-7-11(20)16-2/h5-6H,3-4,7H2,1-2H3,(H,16,20)(H2,17,18,19). The third-order valence-electron chi connectivity index (χ3n) is 2.42. The molecule has 1 aromatic heterocycles. The van der Waals surface area contributed by atoms with Crippen LogP contribution in [-0.4, -0.2) is 31.0 Å². The number of hydrogen-bond acceptors (Lipinski definition) is 4. The molecule has 5 nitrogen and oxygen atoms in total. The van der Waals surface area contributed by atoms with E-state index in [1.807, 2.05) is 6.92 Å². The van der Waals surface area contributed by atoms with Crippen molar-refractivity contribution in [2.24, 2.45) is 0 Å². The van der Waals surface area contributed by atoms with E-state index in [4.69, 9.17) is 0 Å². The van der Waals surface area contributed by atoms with Crippen molar-refractivity contribution in [1.82, 2.24) is 10.3 Å². The van der Waals surface area contributed by atoms with Gasteiger partial charge in [0.2, 0.25) is 5.91 Å². The van der Waals surface area contributed by atoms with E-state index in [0.717, 1.165) is 18.6 Å². The molecule has 8 heteroatoms. The van der Waals surface area contributed by atoms with Crippen molar-refractivity contribution in [3.05, 3.63) is 17.7 Å². The molecular formula is C12H17F3N4O. The smallest absolute Gasteiger partial charge is 0.370 e. The zero-order chi connectivity index (χ0) is 15.2. The summed E-state index contributed by atoms with van der Waals surface area (Å²) in [6.07, 6.45) is -3.70. The number of amides is 1. The Morgan fingerprint density at radius 3 is 2.35 bits per heavy atom. The van der Waals surface area contributed by atoms with Crippen LogP contribution < -0.4 is 16.0 Å². The maximum atomic E-state index is 12.8. The first kappa shape index (κ1) is 16.1. The van der Waals surface area contributed by atoms with Crippen LogP contribution in [0.3, 0.4) is 0 Å². The summed E-state index contributed by atoms with van der Waals surface area (Å²) in [5, 5.41) is 7.72. The van der Waals surface area contributed by atoms with E-state index in [0.29, 0.717) is 6.54 Å². The molecule has 1 amide bonds. The van der Waals surface area contributed by atoms with Crippen molar-refractivity contribution >= 4 is 17.5 Å². The quantitative estimate of drug-likeness (QED) is 0.750. The number of carbonyl (C=O) groups excluding carboxylic acids is 1. The van der Waals surface area contributed by atoms with E-state index in [9.17, 15) is 18.0 Å². The number of aromatic nitrogens is 1. The van der Waals surface area contributed by atoms with Crippen molar-refractivity contribution in [2.45, 2.75) is 19.5 Å². The van der Waals surface area contributed by atoms with Crippen LogP contribution in [0.5, 0.6) is 0 Å². The lowest BCUT2D eigenvalue weighted by Crippen LogP contribution is -2.26. The van der Waals surface area contributed by atoms with Crippen LogP contribution in [0.2, 0.25) is 0 Å². The zero-order valence-corrected chi connectivity index (χ0v) is 11.3. The number of rotatable bonds is 6. The summed E-state index contributed by atoms with van der Waals surface area (Å²) in [7, 11) is 1.44. The third-order valence-corrected chi connectivity index (χ3v) is 2.42. The Hall–Kier alpha value is -1.99. The molecule has 0 saturated heterocycles. The van der Waals surface area contributed by atoms with Crippen LogP contribution in [0, 0.1) is 0 Å². The number of hydrogen-bond donors (Lipinski definition) is 3. The van der Waals surface area contributed by atoms with Crippen LogP contribution in [0.1, 0.15) is 18.9 Å². The Bertz CT molecular complexity index is 463. The predicted molar refractivity (Wildman–Crippen MR) is 70.6 cm³/mol. The van der Waals surface area contributed by atoms with Gasteiger partial charge in [0, 0.05) is 13.6 Å².